The first-order valence-electron chi connectivity index (χ1n) is 9.99. The lowest BCUT2D eigenvalue weighted by atomic mass is 10.1. The Balaban J connectivity index is 1.46. The minimum Gasteiger partial charge on any atom is -0.497 e. The molecule has 2 aromatic carbocycles. The normalized spacial score (nSPS) is 14.4. The Labute approximate surface area is 189 Å². The number of thiazole rings is 1. The summed E-state index contributed by atoms with van der Waals surface area (Å²) in [6.07, 6.45) is 1.44. The van der Waals surface area contributed by atoms with Gasteiger partial charge in [0.15, 0.2) is 5.13 Å². The minimum atomic E-state index is -0.356. The number of hydrogen-bond donors (Lipinski definition) is 2. The third-order valence-corrected chi connectivity index (χ3v) is 6.27. The molecule has 2 amide bonds. The van der Waals surface area contributed by atoms with Crippen LogP contribution in [0, 0.1) is 0 Å². The van der Waals surface area contributed by atoms with Crippen LogP contribution in [0.5, 0.6) is 17.2 Å². The largest absolute Gasteiger partial charge is 0.497 e. The van der Waals surface area contributed by atoms with E-state index >= 15 is 0 Å². The molecule has 0 bridgehead atoms. The van der Waals surface area contributed by atoms with Gasteiger partial charge in [0.25, 0.3) is 5.91 Å². The summed E-state index contributed by atoms with van der Waals surface area (Å²) in [5, 5.41) is 6.22. The second-order valence-electron chi connectivity index (χ2n) is 7.19. The van der Waals surface area contributed by atoms with Crippen molar-refractivity contribution < 1.29 is 23.8 Å². The zero-order valence-electron chi connectivity index (χ0n) is 17.9. The zero-order valence-corrected chi connectivity index (χ0v) is 18.7. The van der Waals surface area contributed by atoms with E-state index in [0.717, 1.165) is 22.7 Å². The number of aromatic nitrogens is 1. The Morgan fingerprint density at radius 3 is 2.22 bits per heavy atom. The van der Waals surface area contributed by atoms with E-state index in [4.69, 9.17) is 14.2 Å². The number of hydrogen-bond acceptors (Lipinski definition) is 7. The summed E-state index contributed by atoms with van der Waals surface area (Å²) in [7, 11) is 4.65. The van der Waals surface area contributed by atoms with E-state index in [1.165, 1.54) is 25.6 Å². The summed E-state index contributed by atoms with van der Waals surface area (Å²) in [6, 6.07) is 12.1. The van der Waals surface area contributed by atoms with Gasteiger partial charge in [-0.05, 0) is 49.2 Å². The van der Waals surface area contributed by atoms with Gasteiger partial charge in [0, 0.05) is 22.2 Å². The van der Waals surface area contributed by atoms with Gasteiger partial charge in [-0.15, -0.1) is 11.3 Å². The fourth-order valence-corrected chi connectivity index (χ4v) is 4.58. The van der Waals surface area contributed by atoms with E-state index in [9.17, 15) is 9.59 Å². The van der Waals surface area contributed by atoms with Crippen molar-refractivity contribution in [3.63, 3.8) is 0 Å². The molecule has 9 heteroatoms. The van der Waals surface area contributed by atoms with Crippen LogP contribution in [-0.4, -0.2) is 38.1 Å². The first kappa shape index (κ1) is 21.6. The van der Waals surface area contributed by atoms with Crippen LogP contribution < -0.4 is 24.8 Å². The van der Waals surface area contributed by atoms with E-state index in [2.05, 4.69) is 15.6 Å². The van der Waals surface area contributed by atoms with Gasteiger partial charge in [0.1, 0.15) is 17.2 Å². The van der Waals surface area contributed by atoms with Crippen molar-refractivity contribution in [2.75, 3.05) is 32.0 Å². The van der Waals surface area contributed by atoms with Crippen molar-refractivity contribution in [1.82, 2.24) is 4.98 Å². The molecule has 0 aliphatic heterocycles. The molecular formula is C23H23N3O5S. The predicted octanol–water partition coefficient (Wildman–Crippen LogP) is 4.09. The first-order chi connectivity index (χ1) is 15.5. The molecule has 1 unspecified atom stereocenters. The van der Waals surface area contributed by atoms with Gasteiger partial charge in [-0.1, -0.05) is 0 Å². The number of methoxy groups -OCH3 is 3. The van der Waals surface area contributed by atoms with E-state index in [1.54, 1.807) is 49.6 Å². The molecule has 4 rings (SSSR count). The van der Waals surface area contributed by atoms with Crippen molar-refractivity contribution in [2.24, 2.45) is 0 Å². The maximum atomic E-state index is 12.8. The van der Waals surface area contributed by atoms with Crippen molar-refractivity contribution in [1.29, 1.82) is 0 Å². The van der Waals surface area contributed by atoms with Gasteiger partial charge in [0.2, 0.25) is 5.91 Å². The molecular weight excluding hydrogens is 430 g/mol. The summed E-state index contributed by atoms with van der Waals surface area (Å²) in [4.78, 5) is 31.1. The fourth-order valence-electron chi connectivity index (χ4n) is 3.55. The number of carbonyl (C=O) groups excluding carboxylic acids is 2. The lowest BCUT2D eigenvalue weighted by molar-refractivity contribution is -0.117. The maximum absolute atomic E-state index is 12.8. The number of fused-ring (bicyclic) bond motifs is 1. The molecule has 2 N–H and O–H groups in total. The fraction of sp³-hybridized carbons (Fsp3) is 0.261. The second kappa shape index (κ2) is 9.27. The monoisotopic (exact) mass is 453 g/mol. The Hall–Kier alpha value is -3.59. The van der Waals surface area contributed by atoms with Crippen molar-refractivity contribution in [2.45, 2.75) is 18.8 Å². The Morgan fingerprint density at radius 2 is 1.59 bits per heavy atom. The van der Waals surface area contributed by atoms with Gasteiger partial charge in [-0.25, -0.2) is 4.98 Å². The quantitative estimate of drug-likeness (QED) is 0.559. The summed E-state index contributed by atoms with van der Waals surface area (Å²) in [6.45, 7) is 0. The summed E-state index contributed by atoms with van der Waals surface area (Å²) < 4.78 is 15.6. The van der Waals surface area contributed by atoms with Crippen LogP contribution in [0.1, 0.15) is 33.3 Å². The number of carbonyl (C=O) groups is 2. The van der Waals surface area contributed by atoms with Gasteiger partial charge in [-0.3, -0.25) is 14.9 Å². The third-order valence-electron chi connectivity index (χ3n) is 5.23. The standard InChI is InChI=1S/C23H23N3O5S/c1-29-15-6-4-14(5-7-15)24-22(28)18-8-9-19-20(18)25-23(32-19)26-21(27)13-10-16(30-2)12-17(11-13)31-3/h4-7,10-12,18H,8-9H2,1-3H3,(H,24,28)(H,25,26,27). The van der Waals surface area contributed by atoms with E-state index in [1.807, 2.05) is 0 Å². The highest BCUT2D eigenvalue weighted by molar-refractivity contribution is 7.16. The number of anilines is 2. The molecule has 0 spiro atoms. The average molecular weight is 454 g/mol. The molecule has 8 nitrogen and oxygen atoms in total. The summed E-state index contributed by atoms with van der Waals surface area (Å²) >= 11 is 1.40. The number of nitrogens with one attached hydrogen (secondary N) is 2. The lowest BCUT2D eigenvalue weighted by Gasteiger charge is -2.11. The second-order valence-corrected chi connectivity index (χ2v) is 8.28. The highest BCUT2D eigenvalue weighted by atomic mass is 32.1. The molecule has 0 fully saturated rings. The number of ether oxygens (including phenoxy) is 3. The van der Waals surface area contributed by atoms with E-state index in [0.29, 0.717) is 34.3 Å². The van der Waals surface area contributed by atoms with Gasteiger partial charge in [-0.2, -0.15) is 0 Å². The van der Waals surface area contributed by atoms with Crippen molar-refractivity contribution >= 4 is 34.0 Å². The van der Waals surface area contributed by atoms with Crippen LogP contribution in [0.15, 0.2) is 42.5 Å². The summed E-state index contributed by atoms with van der Waals surface area (Å²) in [5.41, 5.74) is 1.81. The molecule has 1 heterocycles. The predicted molar refractivity (Wildman–Crippen MR) is 122 cm³/mol. The third kappa shape index (κ3) is 4.52. The molecule has 1 atom stereocenters. The molecule has 0 radical (unpaired) electrons. The van der Waals surface area contributed by atoms with Gasteiger partial charge in [0.05, 0.1) is 32.9 Å². The van der Waals surface area contributed by atoms with Crippen molar-refractivity contribution in [3.8, 4) is 17.2 Å². The number of amides is 2. The zero-order chi connectivity index (χ0) is 22.7. The van der Waals surface area contributed by atoms with Gasteiger partial charge >= 0.3 is 0 Å². The van der Waals surface area contributed by atoms with Crippen LogP contribution in [0.3, 0.4) is 0 Å². The highest BCUT2D eigenvalue weighted by Gasteiger charge is 2.33. The smallest absolute Gasteiger partial charge is 0.257 e. The first-order valence-corrected chi connectivity index (χ1v) is 10.8. The van der Waals surface area contributed by atoms with E-state index in [-0.39, 0.29) is 17.7 Å². The highest BCUT2D eigenvalue weighted by Crippen LogP contribution is 2.39. The number of nitrogens with zero attached hydrogens (tertiary/aromatic N) is 1. The Morgan fingerprint density at radius 1 is 0.938 bits per heavy atom. The van der Waals surface area contributed by atoms with E-state index < -0.39 is 0 Å². The number of aryl methyl sites for hydroxylation is 1. The molecule has 1 aliphatic carbocycles. The molecule has 1 aromatic heterocycles. The molecule has 166 valence electrons. The SMILES string of the molecule is COc1ccc(NC(=O)C2CCc3sc(NC(=O)c4cc(OC)cc(OC)c4)nc32)cc1. The lowest BCUT2D eigenvalue weighted by Crippen LogP contribution is -2.20. The molecule has 32 heavy (non-hydrogen) atoms. The van der Waals surface area contributed by atoms with Crippen LogP contribution in [0.2, 0.25) is 0 Å². The average Bonchev–Trinajstić information content (AvgIpc) is 3.39. The molecule has 1 aliphatic rings. The Kier molecular flexibility index (Phi) is 6.27. The minimum absolute atomic E-state index is 0.116. The Bertz CT molecular complexity index is 1120. The van der Waals surface area contributed by atoms with Gasteiger partial charge < -0.3 is 19.5 Å². The van der Waals surface area contributed by atoms with Crippen LogP contribution in [0.25, 0.3) is 0 Å². The number of benzene rings is 2. The number of rotatable bonds is 7. The van der Waals surface area contributed by atoms with Crippen LogP contribution >= 0.6 is 11.3 Å². The molecule has 0 saturated heterocycles. The topological polar surface area (TPSA) is 98.8 Å². The van der Waals surface area contributed by atoms with Crippen LogP contribution in [0.4, 0.5) is 10.8 Å². The maximum Gasteiger partial charge on any atom is 0.257 e. The van der Waals surface area contributed by atoms with Crippen LogP contribution in [-0.2, 0) is 11.2 Å². The molecule has 3 aromatic rings. The molecule has 0 saturated carbocycles. The summed E-state index contributed by atoms with van der Waals surface area (Å²) in [5.74, 6) is 0.965. The van der Waals surface area contributed by atoms with Crippen molar-refractivity contribution in [3.05, 3.63) is 58.6 Å².